The maximum atomic E-state index is 12.3. The van der Waals surface area contributed by atoms with Crippen molar-refractivity contribution in [3.63, 3.8) is 0 Å². The second-order valence-corrected chi connectivity index (χ2v) is 4.78. The maximum absolute atomic E-state index is 12.3. The van der Waals surface area contributed by atoms with E-state index >= 15 is 0 Å². The molecule has 0 aromatic heterocycles. The number of ether oxygens (including phenoxy) is 2. The molecule has 0 heterocycles. The Bertz CT molecular complexity index is 439. The second-order valence-electron chi connectivity index (χ2n) is 3.31. The third-order valence-corrected chi connectivity index (χ3v) is 3.20. The third kappa shape index (κ3) is 4.20. The molecular weight excluding hydrogens is 378 g/mol. The summed E-state index contributed by atoms with van der Waals surface area (Å²) in [4.78, 5) is 11.3. The number of esters is 1. The number of carbonyl (C=O) groups is 1. The highest BCUT2D eigenvalue weighted by atomic mass is 79.9. The molecule has 0 fully saturated rings. The van der Waals surface area contributed by atoms with E-state index in [9.17, 15) is 13.6 Å². The van der Waals surface area contributed by atoms with Crippen molar-refractivity contribution >= 4 is 37.8 Å². The molecular formula is C11H10Br2F2O3. The highest BCUT2D eigenvalue weighted by Gasteiger charge is 2.16. The molecule has 1 rings (SSSR count). The zero-order chi connectivity index (χ0) is 13.7. The van der Waals surface area contributed by atoms with Gasteiger partial charge in [-0.15, -0.1) is 0 Å². The highest BCUT2D eigenvalue weighted by molar-refractivity contribution is 9.10. The van der Waals surface area contributed by atoms with Gasteiger partial charge in [-0.2, -0.15) is 8.78 Å². The number of halogens is 4. The van der Waals surface area contributed by atoms with Gasteiger partial charge in [-0.25, -0.2) is 0 Å². The Kier molecular flexibility index (Phi) is 6.01. The molecule has 7 heteroatoms. The van der Waals surface area contributed by atoms with Crippen molar-refractivity contribution in [2.75, 3.05) is 7.11 Å². The van der Waals surface area contributed by atoms with Crippen molar-refractivity contribution in [1.82, 2.24) is 0 Å². The van der Waals surface area contributed by atoms with E-state index in [2.05, 4.69) is 41.3 Å². The predicted molar refractivity (Wildman–Crippen MR) is 69.1 cm³/mol. The van der Waals surface area contributed by atoms with Gasteiger partial charge in [-0.05, 0) is 17.7 Å². The summed E-state index contributed by atoms with van der Waals surface area (Å²) in [6, 6.07) is 3.11. The maximum Gasteiger partial charge on any atom is 0.387 e. The van der Waals surface area contributed by atoms with E-state index < -0.39 is 12.6 Å². The minimum Gasteiger partial charge on any atom is -0.469 e. The molecule has 0 N–H and O–H groups in total. The first-order valence-electron chi connectivity index (χ1n) is 4.86. The van der Waals surface area contributed by atoms with Gasteiger partial charge >= 0.3 is 12.6 Å². The highest BCUT2D eigenvalue weighted by Crippen LogP contribution is 2.31. The van der Waals surface area contributed by atoms with E-state index in [1.165, 1.54) is 13.2 Å². The van der Waals surface area contributed by atoms with Crippen LogP contribution in [0.2, 0.25) is 0 Å². The SMILES string of the molecule is COC(=O)Cc1cc(Br)cc(OC(F)F)c1CBr. The zero-order valence-electron chi connectivity index (χ0n) is 9.38. The van der Waals surface area contributed by atoms with Gasteiger partial charge in [0.05, 0.1) is 13.5 Å². The van der Waals surface area contributed by atoms with Crippen molar-refractivity contribution in [2.24, 2.45) is 0 Å². The summed E-state index contributed by atoms with van der Waals surface area (Å²) in [7, 11) is 1.27. The molecule has 0 spiro atoms. The Morgan fingerprint density at radius 3 is 2.61 bits per heavy atom. The Morgan fingerprint density at radius 1 is 1.44 bits per heavy atom. The van der Waals surface area contributed by atoms with Crippen LogP contribution in [-0.4, -0.2) is 19.7 Å². The first-order valence-corrected chi connectivity index (χ1v) is 6.78. The number of benzene rings is 1. The molecule has 3 nitrogen and oxygen atoms in total. The molecule has 0 aliphatic rings. The lowest BCUT2D eigenvalue weighted by atomic mass is 10.0. The first-order chi connectivity index (χ1) is 8.47. The fraction of sp³-hybridized carbons (Fsp3) is 0.364. The number of alkyl halides is 3. The average Bonchev–Trinajstić information content (AvgIpc) is 2.27. The van der Waals surface area contributed by atoms with Crippen LogP contribution in [0.15, 0.2) is 16.6 Å². The molecule has 0 unspecified atom stereocenters. The summed E-state index contributed by atoms with van der Waals surface area (Å²) in [6.07, 6.45) is -0.00350. The fourth-order valence-electron chi connectivity index (χ4n) is 1.40. The Hall–Kier alpha value is -0.690. The van der Waals surface area contributed by atoms with E-state index in [1.807, 2.05) is 0 Å². The summed E-state index contributed by atoms with van der Waals surface area (Å²) in [5, 5.41) is 0.300. The first kappa shape index (κ1) is 15.4. The molecule has 1 aromatic carbocycles. The van der Waals surface area contributed by atoms with Crippen LogP contribution in [0.25, 0.3) is 0 Å². The van der Waals surface area contributed by atoms with Crippen molar-refractivity contribution < 1.29 is 23.0 Å². The monoisotopic (exact) mass is 386 g/mol. The van der Waals surface area contributed by atoms with E-state index in [4.69, 9.17) is 0 Å². The van der Waals surface area contributed by atoms with Crippen LogP contribution in [0.1, 0.15) is 11.1 Å². The lowest BCUT2D eigenvalue weighted by Crippen LogP contribution is -2.10. The zero-order valence-corrected chi connectivity index (χ0v) is 12.6. The van der Waals surface area contributed by atoms with Gasteiger partial charge in [0.2, 0.25) is 0 Å². The molecule has 0 aliphatic carbocycles. The van der Waals surface area contributed by atoms with E-state index in [1.54, 1.807) is 6.07 Å². The minimum absolute atomic E-state index is 0.00350. The molecule has 0 atom stereocenters. The average molecular weight is 388 g/mol. The largest absolute Gasteiger partial charge is 0.469 e. The number of hydrogen-bond donors (Lipinski definition) is 0. The van der Waals surface area contributed by atoms with Crippen molar-refractivity contribution in [3.8, 4) is 5.75 Å². The molecule has 0 saturated heterocycles. The normalized spacial score (nSPS) is 10.6. The van der Waals surface area contributed by atoms with Gasteiger partial charge in [0, 0.05) is 15.4 Å². The van der Waals surface area contributed by atoms with E-state index in [0.29, 0.717) is 20.9 Å². The molecule has 0 aliphatic heterocycles. The van der Waals surface area contributed by atoms with Gasteiger partial charge < -0.3 is 9.47 Å². The Balaban J connectivity index is 3.15. The van der Waals surface area contributed by atoms with Gasteiger partial charge in [0.25, 0.3) is 0 Å². The van der Waals surface area contributed by atoms with Gasteiger partial charge in [0.15, 0.2) is 0 Å². The smallest absolute Gasteiger partial charge is 0.387 e. The van der Waals surface area contributed by atoms with Crippen LogP contribution in [0.5, 0.6) is 5.75 Å². The lowest BCUT2D eigenvalue weighted by Gasteiger charge is -2.14. The molecule has 0 saturated carbocycles. The molecule has 0 amide bonds. The van der Waals surface area contributed by atoms with Crippen LogP contribution in [-0.2, 0) is 21.3 Å². The Labute approximate surface area is 120 Å². The molecule has 1 aromatic rings. The minimum atomic E-state index is -2.91. The van der Waals surface area contributed by atoms with Crippen LogP contribution < -0.4 is 4.74 Å². The summed E-state index contributed by atoms with van der Waals surface area (Å²) in [6.45, 7) is -2.91. The van der Waals surface area contributed by atoms with Crippen molar-refractivity contribution in [1.29, 1.82) is 0 Å². The molecule has 18 heavy (non-hydrogen) atoms. The number of carbonyl (C=O) groups excluding carboxylic acids is 1. The van der Waals surface area contributed by atoms with Gasteiger partial charge in [-0.3, -0.25) is 4.79 Å². The topological polar surface area (TPSA) is 35.5 Å². The summed E-state index contributed by atoms with van der Waals surface area (Å²) in [5.74, 6) is -0.409. The summed E-state index contributed by atoms with van der Waals surface area (Å²) >= 11 is 6.38. The lowest BCUT2D eigenvalue weighted by molar-refractivity contribution is -0.139. The number of rotatable bonds is 5. The van der Waals surface area contributed by atoms with Crippen LogP contribution in [0.4, 0.5) is 8.78 Å². The third-order valence-electron chi connectivity index (χ3n) is 2.18. The number of hydrogen-bond acceptors (Lipinski definition) is 3. The van der Waals surface area contributed by atoms with Crippen LogP contribution in [0, 0.1) is 0 Å². The predicted octanol–water partition coefficient (Wildman–Crippen LogP) is 3.66. The fourth-order valence-corrected chi connectivity index (χ4v) is 2.52. The standard InChI is InChI=1S/C11H10Br2F2O3/c1-17-10(16)3-6-2-7(13)4-9(8(6)5-12)18-11(14)15/h2,4,11H,3,5H2,1H3. The molecule has 100 valence electrons. The van der Waals surface area contributed by atoms with E-state index in [0.717, 1.165) is 0 Å². The Morgan fingerprint density at radius 2 is 2.11 bits per heavy atom. The van der Waals surface area contributed by atoms with Crippen molar-refractivity contribution in [3.05, 3.63) is 27.7 Å². The summed E-state index contributed by atoms with van der Waals surface area (Å²) in [5.41, 5.74) is 1.08. The van der Waals surface area contributed by atoms with E-state index in [-0.39, 0.29) is 12.2 Å². The van der Waals surface area contributed by atoms with Crippen LogP contribution >= 0.6 is 31.9 Å². The summed E-state index contributed by atoms with van der Waals surface area (Å²) < 4.78 is 34.1. The van der Waals surface area contributed by atoms with Gasteiger partial charge in [-0.1, -0.05) is 31.9 Å². The second kappa shape index (κ2) is 7.04. The van der Waals surface area contributed by atoms with Crippen LogP contribution in [0.3, 0.4) is 0 Å². The van der Waals surface area contributed by atoms with Crippen molar-refractivity contribution in [2.45, 2.75) is 18.4 Å². The van der Waals surface area contributed by atoms with Gasteiger partial charge in [0.1, 0.15) is 5.75 Å². The molecule has 0 radical (unpaired) electrons. The molecule has 0 bridgehead atoms. The number of methoxy groups -OCH3 is 1. The quantitative estimate of drug-likeness (QED) is 0.571.